The molecule has 0 aromatic heterocycles. The summed E-state index contributed by atoms with van der Waals surface area (Å²) in [5, 5.41) is 6.90. The zero-order valence-electron chi connectivity index (χ0n) is 15.3. The van der Waals surface area contributed by atoms with E-state index in [0.29, 0.717) is 10.8 Å². The predicted octanol–water partition coefficient (Wildman–Crippen LogP) is 3.39. The molecule has 0 aliphatic rings. The Morgan fingerprint density at radius 1 is 1.15 bits per heavy atom. The van der Waals surface area contributed by atoms with E-state index in [4.69, 9.17) is 12.2 Å². The molecule has 2 rings (SSSR count). The van der Waals surface area contributed by atoms with Crippen molar-refractivity contribution in [3.63, 3.8) is 0 Å². The summed E-state index contributed by atoms with van der Waals surface area (Å²) in [6.45, 7) is 2.09. The molecular weight excluding hydrogens is 366 g/mol. The van der Waals surface area contributed by atoms with Crippen molar-refractivity contribution in [1.82, 2.24) is 5.32 Å². The van der Waals surface area contributed by atoms with Crippen molar-refractivity contribution in [2.24, 2.45) is 0 Å². The molecule has 140 valence electrons. The average molecular weight is 392 g/mol. The minimum atomic E-state index is -3.30. The molecule has 0 fully saturated rings. The van der Waals surface area contributed by atoms with E-state index in [-0.39, 0.29) is 6.04 Å². The van der Waals surface area contributed by atoms with Crippen LogP contribution < -0.4 is 14.9 Å². The largest absolute Gasteiger partial charge is 0.360 e. The van der Waals surface area contributed by atoms with E-state index in [1.54, 1.807) is 18.2 Å². The number of aryl methyl sites for hydroxylation is 1. The minimum absolute atomic E-state index is 0.220. The van der Waals surface area contributed by atoms with Gasteiger partial charge in [0.1, 0.15) is 0 Å². The highest BCUT2D eigenvalue weighted by molar-refractivity contribution is 7.92. The fourth-order valence-electron chi connectivity index (χ4n) is 2.46. The van der Waals surface area contributed by atoms with Crippen molar-refractivity contribution >= 4 is 38.7 Å². The Labute approximate surface area is 161 Å². The number of hydrogen-bond donors (Lipinski definition) is 2. The van der Waals surface area contributed by atoms with E-state index in [0.717, 1.165) is 18.5 Å². The summed E-state index contributed by atoms with van der Waals surface area (Å²) in [5.74, 6) is 0. The molecule has 0 aliphatic heterocycles. The maximum absolute atomic E-state index is 11.7. The van der Waals surface area contributed by atoms with Crippen molar-refractivity contribution in [3.05, 3.63) is 60.2 Å². The molecule has 26 heavy (non-hydrogen) atoms. The topological polar surface area (TPSA) is 61.4 Å². The molecule has 0 heterocycles. The Bertz CT molecular complexity index is 839. The van der Waals surface area contributed by atoms with Crippen LogP contribution in [0.2, 0.25) is 0 Å². The van der Waals surface area contributed by atoms with E-state index in [1.165, 1.54) is 23.2 Å². The maximum Gasteiger partial charge on any atom is 0.231 e. The molecule has 0 aliphatic carbocycles. The van der Waals surface area contributed by atoms with Gasteiger partial charge in [-0.1, -0.05) is 36.4 Å². The number of rotatable bonds is 7. The van der Waals surface area contributed by atoms with E-state index >= 15 is 0 Å². The van der Waals surface area contributed by atoms with Crippen LogP contribution in [0.5, 0.6) is 0 Å². The smallest absolute Gasteiger partial charge is 0.231 e. The average Bonchev–Trinajstić information content (AvgIpc) is 2.59. The van der Waals surface area contributed by atoms with Crippen LogP contribution in [0.15, 0.2) is 54.6 Å². The number of nitrogens with zero attached hydrogens (tertiary/aromatic N) is 1. The lowest BCUT2D eigenvalue weighted by molar-refractivity contribution is 0.600. The van der Waals surface area contributed by atoms with E-state index in [9.17, 15) is 8.42 Å². The molecule has 2 aromatic rings. The van der Waals surface area contributed by atoms with Crippen LogP contribution in [0.1, 0.15) is 18.9 Å². The first-order valence-electron chi connectivity index (χ1n) is 8.41. The SMILES string of the molecule is C[C@@H](CCc1ccccc1)NC(=S)Nc1cccc(N(C)S(C)(=O)=O)c1. The van der Waals surface area contributed by atoms with Gasteiger partial charge in [-0.25, -0.2) is 8.42 Å². The highest BCUT2D eigenvalue weighted by Crippen LogP contribution is 2.20. The van der Waals surface area contributed by atoms with E-state index < -0.39 is 10.0 Å². The van der Waals surface area contributed by atoms with Crippen molar-refractivity contribution in [1.29, 1.82) is 0 Å². The van der Waals surface area contributed by atoms with Crippen LogP contribution in [0, 0.1) is 0 Å². The van der Waals surface area contributed by atoms with Crippen LogP contribution in [0.4, 0.5) is 11.4 Å². The third-order valence-electron chi connectivity index (χ3n) is 4.05. The summed E-state index contributed by atoms with van der Waals surface area (Å²) in [4.78, 5) is 0. The first-order valence-corrected chi connectivity index (χ1v) is 10.7. The molecule has 2 N–H and O–H groups in total. The zero-order valence-corrected chi connectivity index (χ0v) is 16.9. The lowest BCUT2D eigenvalue weighted by atomic mass is 10.1. The first-order chi connectivity index (χ1) is 12.3. The fourth-order valence-corrected chi connectivity index (χ4v) is 3.28. The predicted molar refractivity (Wildman–Crippen MR) is 113 cm³/mol. The molecule has 0 saturated carbocycles. The van der Waals surface area contributed by atoms with Gasteiger partial charge in [-0.15, -0.1) is 0 Å². The van der Waals surface area contributed by atoms with Crippen molar-refractivity contribution < 1.29 is 8.42 Å². The van der Waals surface area contributed by atoms with Gasteiger partial charge in [-0.3, -0.25) is 4.31 Å². The monoisotopic (exact) mass is 391 g/mol. The number of thiocarbonyl (C=S) groups is 1. The zero-order chi connectivity index (χ0) is 19.2. The maximum atomic E-state index is 11.7. The molecule has 0 amide bonds. The highest BCUT2D eigenvalue weighted by Gasteiger charge is 2.12. The molecule has 0 unspecified atom stereocenters. The van der Waals surface area contributed by atoms with Crippen LogP contribution in [-0.2, 0) is 16.4 Å². The van der Waals surface area contributed by atoms with Gasteiger partial charge in [0.2, 0.25) is 10.0 Å². The molecule has 0 saturated heterocycles. The van der Waals surface area contributed by atoms with Crippen LogP contribution >= 0.6 is 12.2 Å². The normalized spacial score (nSPS) is 12.3. The summed E-state index contributed by atoms with van der Waals surface area (Å²) in [6.07, 6.45) is 3.11. The molecule has 7 heteroatoms. The van der Waals surface area contributed by atoms with Crippen molar-refractivity contribution in [2.45, 2.75) is 25.8 Å². The second-order valence-electron chi connectivity index (χ2n) is 6.30. The van der Waals surface area contributed by atoms with Crippen molar-refractivity contribution in [2.75, 3.05) is 22.9 Å². The van der Waals surface area contributed by atoms with Gasteiger partial charge in [-0.2, -0.15) is 0 Å². The second-order valence-corrected chi connectivity index (χ2v) is 8.73. The van der Waals surface area contributed by atoms with Crippen molar-refractivity contribution in [3.8, 4) is 0 Å². The standard InChI is InChI=1S/C19H25N3O2S2/c1-15(12-13-16-8-5-4-6-9-16)20-19(25)21-17-10-7-11-18(14-17)22(2)26(3,23)24/h4-11,14-15H,12-13H2,1-3H3,(H2,20,21,25)/t15-/m0/s1. The number of nitrogens with one attached hydrogen (secondary N) is 2. The quantitative estimate of drug-likeness (QED) is 0.709. The van der Waals surface area contributed by atoms with Crippen LogP contribution in [0.25, 0.3) is 0 Å². The Balaban J connectivity index is 1.89. The molecule has 2 aromatic carbocycles. The third-order valence-corrected chi connectivity index (χ3v) is 5.48. The van der Waals surface area contributed by atoms with Crippen LogP contribution in [-0.4, -0.2) is 32.9 Å². The van der Waals surface area contributed by atoms with Gasteiger partial charge in [0.15, 0.2) is 5.11 Å². The molecule has 0 radical (unpaired) electrons. The van der Waals surface area contributed by atoms with Gasteiger partial charge < -0.3 is 10.6 Å². The highest BCUT2D eigenvalue weighted by atomic mass is 32.2. The summed E-state index contributed by atoms with van der Waals surface area (Å²) >= 11 is 5.37. The second kappa shape index (κ2) is 9.00. The fraction of sp³-hybridized carbons (Fsp3) is 0.316. The van der Waals surface area contributed by atoms with Gasteiger partial charge in [0.25, 0.3) is 0 Å². The number of hydrogen-bond acceptors (Lipinski definition) is 3. The summed E-state index contributed by atoms with van der Waals surface area (Å²) in [6, 6.07) is 17.7. The third kappa shape index (κ3) is 6.31. The Kier molecular flexibility index (Phi) is 6.99. The van der Waals surface area contributed by atoms with Gasteiger partial charge >= 0.3 is 0 Å². The molecular formula is C19H25N3O2S2. The summed E-state index contributed by atoms with van der Waals surface area (Å²) < 4.78 is 24.6. The molecule has 0 bridgehead atoms. The lowest BCUT2D eigenvalue weighted by Gasteiger charge is -2.19. The van der Waals surface area contributed by atoms with Gasteiger partial charge in [-0.05, 0) is 55.7 Å². The molecule has 1 atom stereocenters. The molecule has 0 spiro atoms. The van der Waals surface area contributed by atoms with Gasteiger partial charge in [0, 0.05) is 18.8 Å². The number of anilines is 2. The summed E-state index contributed by atoms with van der Waals surface area (Å²) in [5.41, 5.74) is 2.62. The number of sulfonamides is 1. The Morgan fingerprint density at radius 3 is 2.50 bits per heavy atom. The Hall–Kier alpha value is -2.12. The summed E-state index contributed by atoms with van der Waals surface area (Å²) in [7, 11) is -1.77. The van der Waals surface area contributed by atoms with Crippen LogP contribution in [0.3, 0.4) is 0 Å². The lowest BCUT2D eigenvalue weighted by Crippen LogP contribution is -2.36. The molecule has 5 nitrogen and oxygen atoms in total. The van der Waals surface area contributed by atoms with E-state index in [2.05, 4.69) is 29.7 Å². The van der Waals surface area contributed by atoms with Gasteiger partial charge in [0.05, 0.1) is 11.9 Å². The van der Waals surface area contributed by atoms with E-state index in [1.807, 2.05) is 24.3 Å². The number of benzene rings is 2. The Morgan fingerprint density at radius 2 is 1.85 bits per heavy atom. The minimum Gasteiger partial charge on any atom is -0.360 e. The first kappa shape index (κ1) is 20.2.